The van der Waals surface area contributed by atoms with Gasteiger partial charge in [0, 0.05) is 26.7 Å². The molecule has 0 spiro atoms. The zero-order valence-corrected chi connectivity index (χ0v) is 12.9. The molecule has 7 heteroatoms. The number of rotatable bonds is 6. The van der Waals surface area contributed by atoms with Crippen LogP contribution >= 0.6 is 0 Å². The van der Waals surface area contributed by atoms with E-state index in [1.807, 2.05) is 30.3 Å². The van der Waals surface area contributed by atoms with Crippen LogP contribution in [0.1, 0.15) is 25.8 Å². The van der Waals surface area contributed by atoms with Gasteiger partial charge < -0.3 is 9.47 Å². The molecule has 0 amide bonds. The van der Waals surface area contributed by atoms with E-state index in [0.29, 0.717) is 17.9 Å². The summed E-state index contributed by atoms with van der Waals surface area (Å²) in [7, 11) is -3.94. The van der Waals surface area contributed by atoms with E-state index in [4.69, 9.17) is 14.6 Å². The Bertz CT molecular complexity index is 622. The third kappa shape index (κ3) is 5.04. The minimum Gasteiger partial charge on any atom is -0.454 e. The summed E-state index contributed by atoms with van der Waals surface area (Å²) in [5.74, 6) is 0.512. The summed E-state index contributed by atoms with van der Waals surface area (Å²) in [4.78, 5) is 0. The summed E-state index contributed by atoms with van der Waals surface area (Å²) in [5, 5.41) is 4.79. The first-order chi connectivity index (χ1) is 9.75. The van der Waals surface area contributed by atoms with Gasteiger partial charge in [-0.3, -0.25) is 4.18 Å². The highest BCUT2D eigenvalue weighted by Gasteiger charge is 2.33. The predicted octanol–water partition coefficient (Wildman–Crippen LogP) is 1.83. The van der Waals surface area contributed by atoms with Crippen molar-refractivity contribution in [1.82, 2.24) is 0 Å². The fraction of sp³-hybridized carbons (Fsp3) is 0.429. The van der Waals surface area contributed by atoms with E-state index in [1.54, 1.807) is 13.8 Å². The van der Waals surface area contributed by atoms with Gasteiger partial charge in [0.2, 0.25) is 5.79 Å². The van der Waals surface area contributed by atoms with Crippen molar-refractivity contribution in [1.29, 1.82) is 0 Å². The first kappa shape index (κ1) is 15.8. The van der Waals surface area contributed by atoms with Crippen molar-refractivity contribution in [3.8, 4) is 0 Å². The van der Waals surface area contributed by atoms with Gasteiger partial charge in [-0.2, -0.15) is 8.42 Å². The molecule has 0 unspecified atom stereocenters. The molecule has 0 radical (unpaired) electrons. The van der Waals surface area contributed by atoms with Crippen molar-refractivity contribution in [3.05, 3.63) is 47.4 Å². The Morgan fingerprint density at radius 1 is 1.14 bits per heavy atom. The van der Waals surface area contributed by atoms with Crippen LogP contribution in [0.15, 0.2) is 41.9 Å². The lowest BCUT2D eigenvalue weighted by atomic mass is 10.1. The minimum atomic E-state index is -3.94. The average molecular weight is 313 g/mol. The molecule has 1 aromatic carbocycles. The zero-order chi connectivity index (χ0) is 15.5. The number of hydrogen-bond donors (Lipinski definition) is 1. The van der Waals surface area contributed by atoms with E-state index >= 15 is 0 Å². The largest absolute Gasteiger partial charge is 0.454 e. The van der Waals surface area contributed by atoms with Gasteiger partial charge in [-0.25, -0.2) is 5.14 Å². The lowest BCUT2D eigenvalue weighted by Gasteiger charge is -2.19. The smallest absolute Gasteiger partial charge is 0.333 e. The maximum absolute atomic E-state index is 10.8. The Kier molecular flexibility index (Phi) is 4.55. The molecule has 1 heterocycles. The third-order valence-electron chi connectivity index (χ3n) is 2.83. The summed E-state index contributed by atoms with van der Waals surface area (Å²) in [6, 6.07) is 9.80. The lowest BCUT2D eigenvalue weighted by Crippen LogP contribution is -2.21. The average Bonchev–Trinajstić information content (AvgIpc) is 2.63. The molecule has 1 aromatic rings. The molecule has 0 atom stereocenters. The monoisotopic (exact) mass is 313 g/mol. The van der Waals surface area contributed by atoms with Gasteiger partial charge in [0.25, 0.3) is 0 Å². The van der Waals surface area contributed by atoms with Crippen molar-refractivity contribution >= 4 is 10.3 Å². The molecule has 2 rings (SSSR count). The maximum atomic E-state index is 10.8. The molecule has 0 aliphatic carbocycles. The SMILES string of the molecule is CC1(C)OC(CCOS(N)(=O)=O)=C(Cc2ccccc2)O1. The third-order valence-corrected chi connectivity index (χ3v) is 3.33. The first-order valence-electron chi connectivity index (χ1n) is 6.56. The van der Waals surface area contributed by atoms with E-state index < -0.39 is 16.1 Å². The van der Waals surface area contributed by atoms with E-state index in [1.165, 1.54) is 0 Å². The molecule has 2 N–H and O–H groups in total. The Hall–Kier alpha value is -1.57. The molecule has 1 aliphatic heterocycles. The molecular weight excluding hydrogens is 294 g/mol. The van der Waals surface area contributed by atoms with E-state index in [9.17, 15) is 8.42 Å². The Labute approximate surface area is 124 Å². The van der Waals surface area contributed by atoms with Crippen molar-refractivity contribution in [2.45, 2.75) is 32.5 Å². The molecule has 21 heavy (non-hydrogen) atoms. The lowest BCUT2D eigenvalue weighted by molar-refractivity contribution is -0.125. The normalized spacial score (nSPS) is 17.5. The highest BCUT2D eigenvalue weighted by atomic mass is 32.2. The highest BCUT2D eigenvalue weighted by Crippen LogP contribution is 2.33. The summed E-state index contributed by atoms with van der Waals surface area (Å²) in [6.45, 7) is 3.52. The molecule has 0 saturated heterocycles. The van der Waals surface area contributed by atoms with Gasteiger partial charge in [-0.15, -0.1) is 0 Å². The standard InChI is InChI=1S/C14H19NO5S/c1-14(2)19-12(8-9-18-21(15,16)17)13(20-14)10-11-6-4-3-5-7-11/h3-7H,8-10H2,1-2H3,(H2,15,16,17). The Morgan fingerprint density at radius 2 is 1.76 bits per heavy atom. The molecular formula is C14H19NO5S. The molecule has 0 saturated carbocycles. The zero-order valence-electron chi connectivity index (χ0n) is 12.0. The van der Waals surface area contributed by atoms with Gasteiger partial charge in [0.15, 0.2) is 0 Å². The Balaban J connectivity index is 2.07. The van der Waals surface area contributed by atoms with Crippen molar-refractivity contribution in [2.24, 2.45) is 5.14 Å². The van der Waals surface area contributed by atoms with Gasteiger partial charge in [-0.1, -0.05) is 30.3 Å². The van der Waals surface area contributed by atoms with E-state index in [0.717, 1.165) is 5.56 Å². The molecule has 1 aliphatic rings. The highest BCUT2D eigenvalue weighted by molar-refractivity contribution is 7.84. The van der Waals surface area contributed by atoms with Crippen LogP contribution in [0, 0.1) is 0 Å². The van der Waals surface area contributed by atoms with Gasteiger partial charge in [0.05, 0.1) is 6.61 Å². The van der Waals surface area contributed by atoms with Gasteiger partial charge >= 0.3 is 10.3 Å². The van der Waals surface area contributed by atoms with Crippen LogP contribution in [0.2, 0.25) is 0 Å². The second kappa shape index (κ2) is 6.05. The summed E-state index contributed by atoms with van der Waals surface area (Å²) in [6.07, 6.45) is 0.858. The second-order valence-electron chi connectivity index (χ2n) is 5.18. The summed E-state index contributed by atoms with van der Waals surface area (Å²) < 4.78 is 37.5. The Morgan fingerprint density at radius 3 is 2.38 bits per heavy atom. The summed E-state index contributed by atoms with van der Waals surface area (Å²) in [5.41, 5.74) is 1.08. The molecule has 0 bridgehead atoms. The molecule has 0 fully saturated rings. The fourth-order valence-electron chi connectivity index (χ4n) is 2.08. The van der Waals surface area contributed by atoms with Crippen LogP contribution in [0.4, 0.5) is 0 Å². The number of ether oxygens (including phenoxy) is 2. The van der Waals surface area contributed by atoms with Crippen LogP contribution in [0.3, 0.4) is 0 Å². The van der Waals surface area contributed by atoms with Crippen molar-refractivity contribution in [2.75, 3.05) is 6.61 Å². The predicted molar refractivity (Wildman–Crippen MR) is 77.1 cm³/mol. The second-order valence-corrected chi connectivity index (χ2v) is 6.40. The first-order valence-corrected chi connectivity index (χ1v) is 8.03. The van der Waals surface area contributed by atoms with Crippen molar-refractivity contribution < 1.29 is 22.1 Å². The van der Waals surface area contributed by atoms with Crippen molar-refractivity contribution in [3.63, 3.8) is 0 Å². The molecule has 0 aromatic heterocycles. The number of benzene rings is 1. The van der Waals surface area contributed by atoms with Gasteiger partial charge in [-0.05, 0) is 5.56 Å². The van der Waals surface area contributed by atoms with Crippen LogP contribution in [-0.2, 0) is 30.4 Å². The number of nitrogens with two attached hydrogens (primary N) is 1. The summed E-state index contributed by atoms with van der Waals surface area (Å²) >= 11 is 0. The maximum Gasteiger partial charge on any atom is 0.333 e. The van der Waals surface area contributed by atoms with Gasteiger partial charge in [0.1, 0.15) is 11.5 Å². The number of allylic oxidation sites excluding steroid dienone is 1. The molecule has 116 valence electrons. The van der Waals surface area contributed by atoms with E-state index in [-0.39, 0.29) is 13.0 Å². The minimum absolute atomic E-state index is 0.0775. The van der Waals surface area contributed by atoms with Crippen LogP contribution in [0.5, 0.6) is 0 Å². The van der Waals surface area contributed by atoms with Crippen LogP contribution in [-0.4, -0.2) is 20.8 Å². The fourth-order valence-corrected chi connectivity index (χ4v) is 2.40. The van der Waals surface area contributed by atoms with Crippen LogP contribution in [0.25, 0.3) is 0 Å². The topological polar surface area (TPSA) is 87.9 Å². The number of hydrogen-bond acceptors (Lipinski definition) is 5. The quantitative estimate of drug-likeness (QED) is 0.865. The van der Waals surface area contributed by atoms with E-state index in [2.05, 4.69) is 4.18 Å². The molecule has 6 nitrogen and oxygen atoms in total. The van der Waals surface area contributed by atoms with Crippen LogP contribution < -0.4 is 5.14 Å².